The van der Waals surface area contributed by atoms with E-state index < -0.39 is 0 Å². The largest absolute Gasteiger partial charge is 0.353 e. The van der Waals surface area contributed by atoms with Crippen molar-refractivity contribution in [1.82, 2.24) is 5.16 Å². The average molecular weight is 437 g/mol. The summed E-state index contributed by atoms with van der Waals surface area (Å²) in [6, 6.07) is 14.9. The average Bonchev–Trinajstić information content (AvgIpc) is 3.27. The maximum atomic E-state index is 13.0. The number of benzene rings is 2. The molecule has 5 nitrogen and oxygen atoms in total. The number of halogens is 1. The molecule has 160 valence electrons. The highest BCUT2D eigenvalue weighted by molar-refractivity contribution is 6.31. The number of carbonyl (C=O) groups is 2. The summed E-state index contributed by atoms with van der Waals surface area (Å²) in [7, 11) is 0. The summed E-state index contributed by atoms with van der Waals surface area (Å²) in [6.45, 7) is 4.71. The number of nitrogens with zero attached hydrogens (tertiary/aromatic N) is 2. The van der Waals surface area contributed by atoms with Gasteiger partial charge in [-0.3, -0.25) is 9.59 Å². The van der Waals surface area contributed by atoms with Gasteiger partial charge in [0, 0.05) is 35.3 Å². The molecule has 0 radical (unpaired) electrons. The Hall–Kier alpha value is -2.92. The smallest absolute Gasteiger partial charge is 0.258 e. The van der Waals surface area contributed by atoms with Crippen LogP contribution in [0.3, 0.4) is 0 Å². The molecule has 4 rings (SSSR count). The first kappa shape index (κ1) is 21.3. The second kappa shape index (κ2) is 9.06. The van der Waals surface area contributed by atoms with Gasteiger partial charge in [-0.2, -0.15) is 0 Å². The lowest BCUT2D eigenvalue weighted by Gasteiger charge is -2.30. The summed E-state index contributed by atoms with van der Waals surface area (Å²) in [5.74, 6) is 0.455. The molecule has 2 aromatic carbocycles. The maximum absolute atomic E-state index is 13.0. The Morgan fingerprint density at radius 3 is 2.74 bits per heavy atom. The van der Waals surface area contributed by atoms with Gasteiger partial charge in [0.2, 0.25) is 11.5 Å². The lowest BCUT2D eigenvalue weighted by atomic mass is 9.96. The number of amides is 1. The van der Waals surface area contributed by atoms with Gasteiger partial charge < -0.3 is 9.42 Å². The summed E-state index contributed by atoms with van der Waals surface area (Å²) in [6.07, 6.45) is 2.79. The third kappa shape index (κ3) is 4.72. The quantitative estimate of drug-likeness (QED) is 0.454. The minimum Gasteiger partial charge on any atom is -0.353 e. The fourth-order valence-corrected chi connectivity index (χ4v) is 4.06. The predicted molar refractivity (Wildman–Crippen MR) is 121 cm³/mol. The van der Waals surface area contributed by atoms with Crippen LogP contribution in [-0.4, -0.2) is 23.4 Å². The van der Waals surface area contributed by atoms with Crippen LogP contribution in [0.1, 0.15) is 70.3 Å². The van der Waals surface area contributed by atoms with E-state index in [-0.39, 0.29) is 17.6 Å². The predicted octanol–water partition coefficient (Wildman–Crippen LogP) is 5.86. The molecule has 0 saturated heterocycles. The van der Waals surface area contributed by atoms with Crippen LogP contribution in [0.4, 0.5) is 5.69 Å². The molecule has 2 heterocycles. The summed E-state index contributed by atoms with van der Waals surface area (Å²) in [5.41, 5.74) is 4.52. The molecule has 0 unspecified atom stereocenters. The highest BCUT2D eigenvalue weighted by atomic mass is 35.5. The van der Waals surface area contributed by atoms with Crippen molar-refractivity contribution in [3.63, 3.8) is 0 Å². The molecule has 1 amide bonds. The number of anilines is 1. The number of carbonyl (C=O) groups excluding carboxylic acids is 2. The minimum absolute atomic E-state index is 0.0438. The molecule has 3 aromatic rings. The zero-order chi connectivity index (χ0) is 22.0. The second-order valence-corrected chi connectivity index (χ2v) is 8.66. The Balaban J connectivity index is 1.46. The Bertz CT molecular complexity index is 1120. The molecule has 0 saturated carbocycles. The van der Waals surface area contributed by atoms with Crippen LogP contribution in [0.15, 0.2) is 53.1 Å². The standard InChI is InChI=1S/C25H25ClN2O3/c1-16(2)21-15-24(31-27-21)23(29)11-9-17-8-10-22-18(13-17)6-4-12-28(22)25(30)19-5-3-7-20(26)14-19/h3,5,7-8,10,13-16H,4,6,9,11-12H2,1-2H3. The van der Waals surface area contributed by atoms with Crippen molar-refractivity contribution in [3.8, 4) is 0 Å². The van der Waals surface area contributed by atoms with Crippen molar-refractivity contribution < 1.29 is 14.1 Å². The van der Waals surface area contributed by atoms with Crippen molar-refractivity contribution in [2.75, 3.05) is 11.4 Å². The van der Waals surface area contributed by atoms with Crippen LogP contribution in [0, 0.1) is 0 Å². The number of rotatable bonds is 6. The molecule has 0 aliphatic carbocycles. The van der Waals surface area contributed by atoms with Crippen LogP contribution in [0.25, 0.3) is 0 Å². The van der Waals surface area contributed by atoms with E-state index in [4.69, 9.17) is 16.1 Å². The molecular formula is C25H25ClN2O3. The number of aryl methyl sites for hydroxylation is 2. The van der Waals surface area contributed by atoms with Gasteiger partial charge in [0.15, 0.2) is 0 Å². The van der Waals surface area contributed by atoms with Gasteiger partial charge in [-0.15, -0.1) is 0 Å². The van der Waals surface area contributed by atoms with E-state index >= 15 is 0 Å². The fourth-order valence-electron chi connectivity index (χ4n) is 3.87. The van der Waals surface area contributed by atoms with E-state index in [2.05, 4.69) is 11.2 Å². The van der Waals surface area contributed by atoms with Gasteiger partial charge in [0.1, 0.15) is 0 Å². The van der Waals surface area contributed by atoms with Crippen LogP contribution in [-0.2, 0) is 12.8 Å². The van der Waals surface area contributed by atoms with E-state index in [1.54, 1.807) is 30.3 Å². The molecule has 0 atom stereocenters. The third-order valence-electron chi connectivity index (χ3n) is 5.61. The van der Waals surface area contributed by atoms with Crippen LogP contribution in [0.2, 0.25) is 5.02 Å². The van der Waals surface area contributed by atoms with Crippen molar-refractivity contribution in [2.45, 2.75) is 45.4 Å². The Kier molecular flexibility index (Phi) is 6.23. The first-order valence-electron chi connectivity index (χ1n) is 10.6. The van der Waals surface area contributed by atoms with E-state index in [0.717, 1.165) is 35.3 Å². The maximum Gasteiger partial charge on any atom is 0.258 e. The number of hydrogen-bond donors (Lipinski definition) is 0. The topological polar surface area (TPSA) is 63.4 Å². The third-order valence-corrected chi connectivity index (χ3v) is 5.85. The van der Waals surface area contributed by atoms with Crippen molar-refractivity contribution in [2.24, 2.45) is 0 Å². The Morgan fingerprint density at radius 2 is 2.00 bits per heavy atom. The van der Waals surface area contributed by atoms with E-state index in [9.17, 15) is 9.59 Å². The first-order chi connectivity index (χ1) is 14.9. The van der Waals surface area contributed by atoms with Gasteiger partial charge in [0.25, 0.3) is 5.91 Å². The lowest BCUT2D eigenvalue weighted by molar-refractivity contribution is 0.0945. The van der Waals surface area contributed by atoms with Crippen LogP contribution < -0.4 is 4.90 Å². The van der Waals surface area contributed by atoms with E-state index in [1.165, 1.54) is 0 Å². The molecule has 1 aromatic heterocycles. The summed E-state index contributed by atoms with van der Waals surface area (Å²) in [5, 5.41) is 4.51. The van der Waals surface area contributed by atoms with Crippen molar-refractivity contribution in [3.05, 3.63) is 81.7 Å². The van der Waals surface area contributed by atoms with Crippen LogP contribution >= 0.6 is 11.6 Å². The lowest BCUT2D eigenvalue weighted by Crippen LogP contribution is -2.35. The molecule has 31 heavy (non-hydrogen) atoms. The molecule has 1 aliphatic rings. The van der Waals surface area contributed by atoms with Crippen molar-refractivity contribution >= 4 is 29.0 Å². The van der Waals surface area contributed by atoms with Crippen molar-refractivity contribution in [1.29, 1.82) is 0 Å². The fraction of sp³-hybridized carbons (Fsp3) is 0.320. The molecule has 1 aliphatic heterocycles. The molecule has 0 bridgehead atoms. The number of hydrogen-bond acceptors (Lipinski definition) is 4. The zero-order valence-electron chi connectivity index (χ0n) is 17.7. The number of fused-ring (bicyclic) bond motifs is 1. The SMILES string of the molecule is CC(C)c1cc(C(=O)CCc2ccc3c(c2)CCCN3C(=O)c2cccc(Cl)c2)on1. The molecular weight excluding hydrogens is 412 g/mol. The first-order valence-corrected chi connectivity index (χ1v) is 11.0. The number of ketones is 1. The van der Waals surface area contributed by atoms with Gasteiger partial charge in [-0.25, -0.2) is 0 Å². The van der Waals surface area contributed by atoms with Gasteiger partial charge in [0.05, 0.1) is 5.69 Å². The molecule has 6 heteroatoms. The summed E-state index contributed by atoms with van der Waals surface area (Å²) >= 11 is 6.06. The van der Waals surface area contributed by atoms with Gasteiger partial charge in [-0.1, -0.05) is 48.8 Å². The molecule has 0 fully saturated rings. The Labute approximate surface area is 187 Å². The molecule has 0 spiro atoms. The highest BCUT2D eigenvalue weighted by Crippen LogP contribution is 2.30. The van der Waals surface area contributed by atoms with E-state index in [0.29, 0.717) is 35.7 Å². The summed E-state index contributed by atoms with van der Waals surface area (Å²) < 4.78 is 5.20. The van der Waals surface area contributed by atoms with Crippen LogP contribution in [0.5, 0.6) is 0 Å². The number of Topliss-reactive ketones (excluding diaryl/α,β-unsaturated/α-hetero) is 1. The molecule has 0 N–H and O–H groups in total. The number of aromatic nitrogens is 1. The summed E-state index contributed by atoms with van der Waals surface area (Å²) in [4.78, 5) is 27.3. The monoisotopic (exact) mass is 436 g/mol. The zero-order valence-corrected chi connectivity index (χ0v) is 18.5. The normalized spacial score (nSPS) is 13.4. The van der Waals surface area contributed by atoms with E-state index in [1.807, 2.05) is 30.9 Å². The van der Waals surface area contributed by atoms with Gasteiger partial charge >= 0.3 is 0 Å². The second-order valence-electron chi connectivity index (χ2n) is 8.23. The highest BCUT2D eigenvalue weighted by Gasteiger charge is 2.24. The van der Waals surface area contributed by atoms with Gasteiger partial charge in [-0.05, 0) is 60.6 Å². The Morgan fingerprint density at radius 1 is 1.16 bits per heavy atom. The minimum atomic E-state index is -0.0464.